The highest BCUT2D eigenvalue weighted by Gasteiger charge is 2.32. The highest BCUT2D eigenvalue weighted by Crippen LogP contribution is 2.40. The second-order valence-corrected chi connectivity index (χ2v) is 23.9. The van der Waals surface area contributed by atoms with Gasteiger partial charge in [0.25, 0.3) is 5.91 Å². The molecule has 3 N–H and O–H groups in total. The number of amides is 4. The maximum absolute atomic E-state index is 13.6. The molecule has 4 amide bonds. The van der Waals surface area contributed by atoms with E-state index in [0.29, 0.717) is 77.0 Å². The van der Waals surface area contributed by atoms with E-state index in [0.717, 1.165) is 142 Å². The Kier molecular flexibility index (Phi) is 15.4. The summed E-state index contributed by atoms with van der Waals surface area (Å²) in [7, 11) is 1.39. The van der Waals surface area contributed by atoms with E-state index in [1.54, 1.807) is 21.8 Å². The molecule has 0 atom stereocenters. The third-order valence-corrected chi connectivity index (χ3v) is 18.1. The van der Waals surface area contributed by atoms with E-state index in [4.69, 9.17) is 29.5 Å². The zero-order valence-corrected chi connectivity index (χ0v) is 47.5. The number of methoxy groups -OCH3 is 1. The van der Waals surface area contributed by atoms with Crippen molar-refractivity contribution in [3.8, 4) is 11.5 Å². The zero-order chi connectivity index (χ0) is 56.7. The molecule has 7 heterocycles. The topological polar surface area (TPSA) is 217 Å². The van der Waals surface area contributed by atoms with Gasteiger partial charge < -0.3 is 34.1 Å². The summed E-state index contributed by atoms with van der Waals surface area (Å²) in [5.74, 6) is 2.14. The number of fused-ring (bicyclic) bond motifs is 4. The van der Waals surface area contributed by atoms with Crippen molar-refractivity contribution < 1.29 is 38.5 Å². The number of carbonyl (C=O) groups excluding carboxylic acids is 4. The number of aryl methyl sites for hydroxylation is 1. The molecule has 83 heavy (non-hydrogen) atoms. The van der Waals surface area contributed by atoms with Crippen LogP contribution in [0.15, 0.2) is 85.5 Å². The lowest BCUT2D eigenvalue weighted by Crippen LogP contribution is -2.49. The number of hydrogen-bond acceptors (Lipinski definition) is 13. The molecule has 8 aromatic rings. The van der Waals surface area contributed by atoms with Gasteiger partial charge in [0.15, 0.2) is 11.5 Å². The first-order valence-electron chi connectivity index (χ1n) is 30.1. The Bertz CT molecular complexity index is 3700. The minimum absolute atomic E-state index is 0.139. The highest BCUT2D eigenvalue weighted by molar-refractivity contribution is 6.10. The van der Waals surface area contributed by atoms with E-state index >= 15 is 0 Å². The standard InChI is InChI=1S/C43H48N10O4.C20H26N2O4/c1-27-22-33-36(50-21-16-41(54)47-43(50)56)4-2-5-37(33)52(27)31-14-19-49(20-15-31)18-13-28-7-9-30(10-8-28)51-26-29-23-34(38(24-35(29)48-51)57-32-11-12-32)42(55)46-40-25-44-39-6-3-17-45-53(39)40;1-25-20(24)17-10-14-12-22(15-4-2-13(3-5-15)8-9-23)21-18(14)11-19(17)26-16-6-7-16/h2-6,17,22-26,28,30-32H,7-16,18-21H2,1H3,(H,46,55)(H,47,54,56);10-13,15-16,23H,2-9H2,1H3. The number of aromatic nitrogens is 8. The summed E-state index contributed by atoms with van der Waals surface area (Å²) in [5, 5.41) is 31.6. The molecule has 0 bridgehead atoms. The first kappa shape index (κ1) is 54.4. The van der Waals surface area contributed by atoms with Gasteiger partial charge in [0.05, 0.1) is 65.4 Å². The number of benzene rings is 3. The second-order valence-electron chi connectivity index (χ2n) is 23.9. The van der Waals surface area contributed by atoms with Gasteiger partial charge in [-0.25, -0.2) is 14.6 Å². The number of anilines is 2. The molecule has 6 aliphatic rings. The van der Waals surface area contributed by atoms with E-state index in [1.807, 2.05) is 59.4 Å². The summed E-state index contributed by atoms with van der Waals surface area (Å²) in [6.07, 6.45) is 25.4. The normalized spacial score (nSPS) is 21.7. The summed E-state index contributed by atoms with van der Waals surface area (Å²) >= 11 is 0. The molecular weight excluding hydrogens is 1050 g/mol. The number of nitrogens with one attached hydrogen (secondary N) is 2. The van der Waals surface area contributed by atoms with Gasteiger partial charge in [-0.15, -0.1) is 0 Å². The number of imidazole rings is 1. The number of ether oxygens (including phenoxy) is 3. The van der Waals surface area contributed by atoms with Crippen LogP contribution >= 0.6 is 0 Å². The molecule has 14 rings (SSSR count). The van der Waals surface area contributed by atoms with E-state index in [1.165, 1.54) is 32.1 Å². The fourth-order valence-corrected chi connectivity index (χ4v) is 13.2. The van der Waals surface area contributed by atoms with Gasteiger partial charge in [-0.1, -0.05) is 6.07 Å². The number of carbonyl (C=O) groups is 4. The van der Waals surface area contributed by atoms with Crippen LogP contribution in [0, 0.1) is 18.8 Å². The van der Waals surface area contributed by atoms with Crippen molar-refractivity contribution in [1.29, 1.82) is 0 Å². The number of aliphatic hydroxyl groups excluding tert-OH is 1. The number of rotatable bonds is 16. The van der Waals surface area contributed by atoms with E-state index in [-0.39, 0.29) is 42.6 Å². The number of piperidine rings is 1. The number of aliphatic hydroxyl groups is 1. The van der Waals surface area contributed by atoms with Gasteiger partial charge >= 0.3 is 12.0 Å². The lowest BCUT2D eigenvalue weighted by Gasteiger charge is -2.35. The number of likely N-dealkylation sites (tertiary alicyclic amines) is 1. The highest BCUT2D eigenvalue weighted by atomic mass is 16.5. The molecule has 20 nitrogen and oxygen atoms in total. The first-order valence-corrected chi connectivity index (χ1v) is 30.1. The molecule has 6 fully saturated rings. The summed E-state index contributed by atoms with van der Waals surface area (Å²) < 4.78 is 25.3. The monoisotopic (exact) mass is 1130 g/mol. The van der Waals surface area contributed by atoms with Gasteiger partial charge in [-0.05, 0) is 171 Å². The minimum Gasteiger partial charge on any atom is -0.490 e. The summed E-state index contributed by atoms with van der Waals surface area (Å²) in [5.41, 5.74) is 6.56. The molecule has 4 saturated carbocycles. The quantitative estimate of drug-likeness (QED) is 0.0768. The average molecular weight is 1130 g/mol. The molecule has 20 heteroatoms. The number of esters is 1. The van der Waals surface area contributed by atoms with Crippen LogP contribution in [0.2, 0.25) is 0 Å². The van der Waals surface area contributed by atoms with E-state index < -0.39 is 0 Å². The third-order valence-electron chi connectivity index (χ3n) is 18.1. The van der Waals surface area contributed by atoms with Crippen molar-refractivity contribution in [2.24, 2.45) is 11.8 Å². The van der Waals surface area contributed by atoms with Gasteiger partial charge in [0.1, 0.15) is 17.1 Å². The SMILES string of the molecule is COC(=O)c1cc2cn(C3CCC(CCO)CC3)nc2cc1OC1CC1.Cc1cc2c(N3CCC(=O)NC3=O)cccc2n1C1CCN(CCC2CCC(n3cc4cc(C(=O)Nc5cnc6cccnn56)c(OC5CC5)cc4n3)CC2)CC1. The number of imide groups is 1. The van der Waals surface area contributed by atoms with Gasteiger partial charge in [0.2, 0.25) is 5.91 Å². The fraction of sp³-hybridized carbons (Fsp3) is 0.492. The van der Waals surface area contributed by atoms with Gasteiger partial charge in [-0.3, -0.25) is 29.2 Å². The lowest BCUT2D eigenvalue weighted by molar-refractivity contribution is -0.120. The summed E-state index contributed by atoms with van der Waals surface area (Å²) in [6.45, 7) is 6.14. The minimum atomic E-state index is -0.375. The van der Waals surface area contributed by atoms with E-state index in [9.17, 15) is 19.2 Å². The molecule has 4 aliphatic carbocycles. The van der Waals surface area contributed by atoms with Crippen LogP contribution in [-0.4, -0.2) is 125 Å². The first-order chi connectivity index (χ1) is 40.5. The Hall–Kier alpha value is -7.84. The Morgan fingerprint density at radius 3 is 1.99 bits per heavy atom. The van der Waals surface area contributed by atoms with E-state index in [2.05, 4.69) is 60.1 Å². The molecule has 0 radical (unpaired) electrons. The van der Waals surface area contributed by atoms with Crippen LogP contribution in [0.5, 0.6) is 11.5 Å². The molecule has 5 aromatic heterocycles. The van der Waals surface area contributed by atoms with Crippen molar-refractivity contribution in [3.05, 3.63) is 102 Å². The largest absolute Gasteiger partial charge is 0.490 e. The second kappa shape index (κ2) is 23.4. The Balaban J connectivity index is 0.000000207. The third kappa shape index (κ3) is 11.8. The van der Waals surface area contributed by atoms with Crippen LogP contribution in [0.4, 0.5) is 16.3 Å². The maximum atomic E-state index is 13.6. The lowest BCUT2D eigenvalue weighted by atomic mass is 9.84. The smallest absolute Gasteiger partial charge is 0.341 e. The van der Waals surface area contributed by atoms with Crippen molar-refractivity contribution in [1.82, 2.24) is 48.9 Å². The molecule has 0 spiro atoms. The molecule has 2 aliphatic heterocycles. The van der Waals surface area contributed by atoms with Crippen molar-refractivity contribution >= 4 is 73.7 Å². The van der Waals surface area contributed by atoms with Crippen LogP contribution in [-0.2, 0) is 9.53 Å². The van der Waals surface area contributed by atoms with Crippen LogP contribution in [0.25, 0.3) is 38.4 Å². The predicted octanol–water partition coefficient (Wildman–Crippen LogP) is 10.5. The Labute approximate surface area is 481 Å². The number of hydrogen-bond donors (Lipinski definition) is 3. The number of urea groups is 1. The summed E-state index contributed by atoms with van der Waals surface area (Å²) in [6, 6.07) is 20.4. The maximum Gasteiger partial charge on any atom is 0.341 e. The molecular formula is C63H74N12O8. The van der Waals surface area contributed by atoms with Crippen LogP contribution in [0.3, 0.4) is 0 Å². The number of nitrogens with zero attached hydrogens (tertiary/aromatic N) is 10. The fourth-order valence-electron chi connectivity index (χ4n) is 13.2. The van der Waals surface area contributed by atoms with Crippen molar-refractivity contribution in [3.63, 3.8) is 0 Å². The van der Waals surface area contributed by atoms with Crippen LogP contribution in [0.1, 0.15) is 154 Å². The average Bonchev–Trinajstić information content (AvgIpc) is 4.05. The van der Waals surface area contributed by atoms with Crippen molar-refractivity contribution in [2.45, 2.75) is 146 Å². The Morgan fingerprint density at radius 1 is 0.723 bits per heavy atom. The molecule has 0 unspecified atom stereocenters. The summed E-state index contributed by atoms with van der Waals surface area (Å²) in [4.78, 5) is 58.9. The predicted molar refractivity (Wildman–Crippen MR) is 314 cm³/mol. The van der Waals surface area contributed by atoms with Gasteiger partial charge in [-0.2, -0.15) is 19.8 Å². The zero-order valence-electron chi connectivity index (χ0n) is 47.5. The van der Waals surface area contributed by atoms with Crippen molar-refractivity contribution in [2.75, 3.05) is 50.1 Å². The molecule has 2 saturated heterocycles. The molecule has 3 aromatic carbocycles. The molecule has 434 valence electrons. The Morgan fingerprint density at radius 2 is 1.36 bits per heavy atom. The van der Waals surface area contributed by atoms with Gasteiger partial charge in [0, 0.05) is 91.3 Å². The van der Waals surface area contributed by atoms with Crippen LogP contribution < -0.4 is 25.0 Å².